The summed E-state index contributed by atoms with van der Waals surface area (Å²) < 4.78 is 10.3. The molecule has 0 aliphatic heterocycles. The highest BCUT2D eigenvalue weighted by Crippen LogP contribution is 2.29. The molecule has 19 nitrogen and oxygen atoms in total. The number of aryl methyl sites for hydroxylation is 2. The summed E-state index contributed by atoms with van der Waals surface area (Å²) in [5.74, 6) is -3.61. The number of guanidine groups is 1. The molecule has 384 valence electrons. The van der Waals surface area contributed by atoms with Crippen molar-refractivity contribution in [3.05, 3.63) is 87.4 Å². The number of ether oxygens (including phenoxy) is 2. The van der Waals surface area contributed by atoms with Crippen molar-refractivity contribution in [2.75, 3.05) is 27.3 Å². The summed E-state index contributed by atoms with van der Waals surface area (Å²) in [6.45, 7) is 5.77. The zero-order valence-corrected chi connectivity index (χ0v) is 41.5. The first-order chi connectivity index (χ1) is 33.4. The third-order valence-corrected chi connectivity index (χ3v) is 12.3. The topological polar surface area (TPSA) is 323 Å². The number of rotatable bonds is 32. The van der Waals surface area contributed by atoms with Crippen molar-refractivity contribution in [1.29, 1.82) is 0 Å². The minimum atomic E-state index is -1.20. The number of unbranched alkanes of at least 4 members (excludes halogenated alkanes) is 7. The Hall–Kier alpha value is -6.76. The van der Waals surface area contributed by atoms with Crippen molar-refractivity contribution in [3.8, 4) is 5.75 Å². The number of nitrogens with two attached hydrogens (primary N) is 4. The first-order valence-corrected chi connectivity index (χ1v) is 24.1. The predicted octanol–water partition coefficient (Wildman–Crippen LogP) is 2.88. The highest BCUT2D eigenvalue weighted by molar-refractivity contribution is 6.23. The van der Waals surface area contributed by atoms with Crippen LogP contribution in [0.2, 0.25) is 0 Å². The van der Waals surface area contributed by atoms with Crippen LogP contribution in [0.25, 0.3) is 0 Å². The van der Waals surface area contributed by atoms with E-state index in [-0.39, 0.29) is 72.9 Å². The maximum absolute atomic E-state index is 14.3. The van der Waals surface area contributed by atoms with E-state index in [1.165, 1.54) is 14.2 Å². The molecular weight excluding hydrogens is 899 g/mol. The van der Waals surface area contributed by atoms with Gasteiger partial charge in [-0.2, -0.15) is 0 Å². The molecule has 5 amide bonds. The molecule has 70 heavy (non-hydrogen) atoms. The van der Waals surface area contributed by atoms with E-state index in [4.69, 9.17) is 32.4 Å². The Morgan fingerprint density at radius 1 is 0.671 bits per heavy atom. The molecule has 2 aromatic rings. The number of Topliss-reactive ketones (excluding diaryl/α,β-unsaturated/α-hetero) is 2. The summed E-state index contributed by atoms with van der Waals surface area (Å²) in [7, 11) is 2.68. The zero-order chi connectivity index (χ0) is 51.8. The lowest BCUT2D eigenvalue weighted by Gasteiger charge is -2.26. The fourth-order valence-corrected chi connectivity index (χ4v) is 8.27. The number of phenolic OH excluding ortho intramolecular Hbond substituents is 1. The quantitative estimate of drug-likeness (QED) is 0.0221. The molecule has 2 aromatic carbocycles. The number of ketones is 2. The summed E-state index contributed by atoms with van der Waals surface area (Å²) >= 11 is 0. The molecule has 0 bridgehead atoms. The van der Waals surface area contributed by atoms with Gasteiger partial charge in [0.25, 0.3) is 0 Å². The van der Waals surface area contributed by atoms with E-state index in [0.29, 0.717) is 72.9 Å². The first-order valence-electron chi connectivity index (χ1n) is 24.1. The third kappa shape index (κ3) is 19.0. The van der Waals surface area contributed by atoms with Gasteiger partial charge in [-0.25, -0.2) is 0 Å². The number of benzene rings is 2. The van der Waals surface area contributed by atoms with Crippen LogP contribution in [0.5, 0.6) is 5.75 Å². The second kappa shape index (κ2) is 30.0. The van der Waals surface area contributed by atoms with Crippen LogP contribution in [0, 0.1) is 13.8 Å². The van der Waals surface area contributed by atoms with Crippen LogP contribution in [0.1, 0.15) is 119 Å². The number of methoxy groups -OCH3 is 2. The van der Waals surface area contributed by atoms with Gasteiger partial charge in [0.2, 0.25) is 52.6 Å². The van der Waals surface area contributed by atoms with Crippen LogP contribution in [0.3, 0.4) is 0 Å². The third-order valence-electron chi connectivity index (χ3n) is 12.3. The van der Waals surface area contributed by atoms with Gasteiger partial charge in [-0.1, -0.05) is 62.4 Å². The molecule has 0 aromatic heterocycles. The fourth-order valence-electron chi connectivity index (χ4n) is 8.27. The highest BCUT2D eigenvalue weighted by Gasteiger charge is 2.35. The predicted molar refractivity (Wildman–Crippen MR) is 266 cm³/mol. The van der Waals surface area contributed by atoms with E-state index in [0.717, 1.165) is 44.1 Å². The van der Waals surface area contributed by atoms with E-state index in [1.54, 1.807) is 57.2 Å². The maximum Gasteiger partial charge on any atom is 0.243 e. The summed E-state index contributed by atoms with van der Waals surface area (Å²) in [6.07, 6.45) is 8.67. The minimum absolute atomic E-state index is 0.00515. The van der Waals surface area contributed by atoms with Crippen LogP contribution in [-0.2, 0) is 55.9 Å². The van der Waals surface area contributed by atoms with Gasteiger partial charge in [-0.15, -0.1) is 0 Å². The smallest absolute Gasteiger partial charge is 0.243 e. The number of allylic oxidation sites excluding steroid dienone is 2. The van der Waals surface area contributed by atoms with Crippen molar-refractivity contribution in [2.24, 2.45) is 27.9 Å². The number of carbonyl (C=O) groups is 7. The number of primary amides is 1. The molecule has 3 rings (SSSR count). The molecule has 1 aliphatic rings. The lowest BCUT2D eigenvalue weighted by atomic mass is 9.89. The number of nitrogens with zero attached hydrogens (tertiary/aromatic N) is 1. The Kier molecular flexibility index (Phi) is 24.6. The minimum Gasteiger partial charge on any atom is -0.508 e. The second-order valence-corrected chi connectivity index (χ2v) is 17.7. The Morgan fingerprint density at radius 3 is 1.86 bits per heavy atom. The van der Waals surface area contributed by atoms with Gasteiger partial charge >= 0.3 is 0 Å². The summed E-state index contributed by atoms with van der Waals surface area (Å²) in [5, 5.41) is 21.4. The Morgan fingerprint density at radius 2 is 1.24 bits per heavy atom. The molecule has 1 unspecified atom stereocenters. The number of hydrogen-bond acceptors (Lipinski definition) is 12. The second-order valence-electron chi connectivity index (χ2n) is 17.7. The Labute approximate surface area is 411 Å². The van der Waals surface area contributed by atoms with Gasteiger partial charge in [0.15, 0.2) is 5.96 Å². The van der Waals surface area contributed by atoms with Gasteiger partial charge in [-0.05, 0) is 107 Å². The van der Waals surface area contributed by atoms with Gasteiger partial charge in [0, 0.05) is 43.5 Å². The Balaban J connectivity index is 1.58. The number of aromatic hydroxyl groups is 1. The molecule has 0 fully saturated rings. The van der Waals surface area contributed by atoms with Crippen LogP contribution in [0.15, 0.2) is 70.1 Å². The van der Waals surface area contributed by atoms with Gasteiger partial charge in [0.05, 0.1) is 20.3 Å². The molecule has 0 saturated heterocycles. The van der Waals surface area contributed by atoms with Crippen LogP contribution < -0.4 is 44.2 Å². The van der Waals surface area contributed by atoms with Crippen LogP contribution in [-0.4, -0.2) is 104 Å². The van der Waals surface area contributed by atoms with Gasteiger partial charge < -0.3 is 58.8 Å². The van der Waals surface area contributed by atoms with E-state index in [2.05, 4.69) is 26.3 Å². The number of amides is 5. The molecule has 4 atom stereocenters. The monoisotopic (exact) mass is 974 g/mol. The average Bonchev–Trinajstić information content (AvgIpc) is 3.31. The van der Waals surface area contributed by atoms with Gasteiger partial charge in [0.1, 0.15) is 23.9 Å². The average molecular weight is 974 g/mol. The normalized spacial score (nSPS) is 14.3. The van der Waals surface area contributed by atoms with Gasteiger partial charge in [-0.3, -0.25) is 38.6 Å². The SMILES string of the molecule is COC1=C(OC)C(=O)C(CCCCCCCCCC(=O)NCCCCC(NC(=O)[C@H](Cc2c(C)cc(O)cc2C)NC(=O)[C@H](N)CCCN=C(N)N)C(=O)N[C@@H](Cc2ccccc2)C(N)=O)=C(C)C1=O. The van der Waals surface area contributed by atoms with Crippen molar-refractivity contribution < 1.29 is 48.1 Å². The lowest BCUT2D eigenvalue weighted by Crippen LogP contribution is -2.58. The fraction of sp³-hybridized carbons (Fsp3) is 0.529. The molecular formula is C51H75N9O10. The Bertz CT molecular complexity index is 2200. The molecule has 13 N–H and O–H groups in total. The first kappa shape index (κ1) is 57.6. The van der Waals surface area contributed by atoms with E-state index >= 15 is 0 Å². The number of aliphatic imine (C=N–C) groups is 1. The van der Waals surface area contributed by atoms with E-state index < -0.39 is 47.8 Å². The molecule has 0 spiro atoms. The zero-order valence-electron chi connectivity index (χ0n) is 41.5. The van der Waals surface area contributed by atoms with Crippen LogP contribution in [0.4, 0.5) is 0 Å². The molecule has 1 aliphatic carbocycles. The number of nitrogens with one attached hydrogen (secondary N) is 4. The van der Waals surface area contributed by atoms with Crippen molar-refractivity contribution in [1.82, 2.24) is 21.3 Å². The van der Waals surface area contributed by atoms with E-state index in [1.807, 2.05) is 6.07 Å². The largest absolute Gasteiger partial charge is 0.508 e. The number of hydrogen-bond donors (Lipinski definition) is 9. The van der Waals surface area contributed by atoms with Crippen molar-refractivity contribution >= 4 is 47.1 Å². The molecule has 0 radical (unpaired) electrons. The molecule has 0 heterocycles. The summed E-state index contributed by atoms with van der Waals surface area (Å²) in [6, 6.07) is 7.65. The molecule has 19 heteroatoms. The highest BCUT2D eigenvalue weighted by atomic mass is 16.5. The van der Waals surface area contributed by atoms with Crippen molar-refractivity contribution in [2.45, 2.75) is 148 Å². The standard InChI is InChI=1S/C51H75N9O10/c1-31-27-35(61)28-32(2)37(31)30-41(60-48(66)38(52)22-18-26-57-51(54)55)50(68)58-39(49(67)59-40(47(53)65)29-34-19-12-11-13-20-34)23-16-17-25-56-42(62)24-15-10-8-6-7-9-14-21-36-33(3)43(63)45(69-4)46(70-5)44(36)64/h11-13,19-20,27-28,38-41,61H,6-10,14-18,21-26,29-30,52H2,1-5H3,(H2,53,65)(H,56,62)(H,58,68)(H,59,67)(H,60,66)(H4,54,55,57)/t38-,39?,40+,41+/m1/s1. The summed E-state index contributed by atoms with van der Waals surface area (Å²) in [5.41, 5.74) is 26.5. The van der Waals surface area contributed by atoms with E-state index in [9.17, 15) is 38.7 Å². The summed E-state index contributed by atoms with van der Waals surface area (Å²) in [4.78, 5) is 96.4. The number of phenols is 1. The maximum atomic E-state index is 14.3. The van der Waals surface area contributed by atoms with Crippen molar-refractivity contribution in [3.63, 3.8) is 0 Å². The molecule has 0 saturated carbocycles. The lowest BCUT2D eigenvalue weighted by molar-refractivity contribution is -0.133. The van der Waals surface area contributed by atoms with Crippen LogP contribution >= 0.6 is 0 Å². The number of carbonyl (C=O) groups excluding carboxylic acids is 7.